The molecule has 0 bridgehead atoms. The van der Waals surface area contributed by atoms with E-state index >= 15 is 0 Å². The molecular formula is C25H30N4O5S. The molecule has 1 fully saturated rings. The van der Waals surface area contributed by atoms with E-state index in [9.17, 15) is 18.0 Å². The number of esters is 1. The molecule has 4 rings (SSSR count). The summed E-state index contributed by atoms with van der Waals surface area (Å²) in [6, 6.07) is 13.3. The first kappa shape index (κ1) is 24.7. The highest BCUT2D eigenvalue weighted by Crippen LogP contribution is 2.24. The largest absolute Gasteiger partial charge is 0.462 e. The van der Waals surface area contributed by atoms with Gasteiger partial charge in [0.15, 0.2) is 0 Å². The molecule has 2 heterocycles. The van der Waals surface area contributed by atoms with Crippen molar-refractivity contribution in [1.29, 1.82) is 0 Å². The number of benzene rings is 2. The van der Waals surface area contributed by atoms with Gasteiger partial charge in [0.05, 0.1) is 17.1 Å². The van der Waals surface area contributed by atoms with Gasteiger partial charge in [0, 0.05) is 55.5 Å². The third-order valence-electron chi connectivity index (χ3n) is 6.09. The number of sulfonamides is 1. The van der Waals surface area contributed by atoms with Crippen LogP contribution < -0.4 is 5.32 Å². The van der Waals surface area contributed by atoms with Gasteiger partial charge in [0.1, 0.15) is 0 Å². The number of aromatic nitrogens is 1. The maximum Gasteiger partial charge on any atom is 0.338 e. The number of fused-ring (bicyclic) bond motifs is 1. The summed E-state index contributed by atoms with van der Waals surface area (Å²) in [6.07, 6.45) is 2.47. The Morgan fingerprint density at radius 2 is 1.83 bits per heavy atom. The molecule has 0 atom stereocenters. The Morgan fingerprint density at radius 1 is 1.00 bits per heavy atom. The molecule has 9 nitrogen and oxygen atoms in total. The lowest BCUT2D eigenvalue weighted by Crippen LogP contribution is -2.39. The molecule has 1 aliphatic heterocycles. The number of anilines is 1. The number of amides is 2. The van der Waals surface area contributed by atoms with Gasteiger partial charge in [-0.1, -0.05) is 6.07 Å². The van der Waals surface area contributed by atoms with Crippen molar-refractivity contribution in [2.24, 2.45) is 0 Å². The lowest BCUT2D eigenvalue weighted by molar-refractivity contribution is 0.0526. The van der Waals surface area contributed by atoms with Crippen molar-refractivity contribution in [3.63, 3.8) is 0 Å². The molecule has 2 aromatic carbocycles. The Kier molecular flexibility index (Phi) is 7.42. The topological polar surface area (TPSA) is 101 Å². The van der Waals surface area contributed by atoms with E-state index < -0.39 is 16.0 Å². The first-order valence-corrected chi connectivity index (χ1v) is 13.2. The first-order valence-electron chi connectivity index (χ1n) is 11.8. The van der Waals surface area contributed by atoms with Gasteiger partial charge < -0.3 is 19.5 Å². The van der Waals surface area contributed by atoms with E-state index in [1.54, 1.807) is 48.2 Å². The fraction of sp³-hybridized carbons (Fsp3) is 0.360. The van der Waals surface area contributed by atoms with E-state index in [1.807, 2.05) is 25.3 Å². The number of nitrogens with one attached hydrogen (secondary N) is 1. The summed E-state index contributed by atoms with van der Waals surface area (Å²) in [4.78, 5) is 26.7. The van der Waals surface area contributed by atoms with Crippen LogP contribution >= 0.6 is 0 Å². The van der Waals surface area contributed by atoms with Crippen LogP contribution in [0.25, 0.3) is 10.9 Å². The van der Waals surface area contributed by atoms with Crippen molar-refractivity contribution in [2.45, 2.75) is 31.7 Å². The van der Waals surface area contributed by atoms with E-state index in [1.165, 1.54) is 4.31 Å². The number of rotatable bonds is 6. The van der Waals surface area contributed by atoms with E-state index in [4.69, 9.17) is 4.74 Å². The molecule has 0 saturated carbocycles. The van der Waals surface area contributed by atoms with E-state index in [2.05, 4.69) is 9.88 Å². The summed E-state index contributed by atoms with van der Waals surface area (Å²) in [7, 11) is -3.69. The molecule has 35 heavy (non-hydrogen) atoms. The third kappa shape index (κ3) is 5.33. The minimum atomic E-state index is -3.69. The molecule has 1 N–H and O–H groups in total. The van der Waals surface area contributed by atoms with Gasteiger partial charge in [0.2, 0.25) is 10.0 Å². The Balaban J connectivity index is 1.43. The number of ether oxygens (including phenoxy) is 1. The van der Waals surface area contributed by atoms with Crippen LogP contribution in [0.15, 0.2) is 59.6 Å². The average molecular weight is 499 g/mol. The van der Waals surface area contributed by atoms with Crippen molar-refractivity contribution in [3.05, 3.63) is 60.3 Å². The van der Waals surface area contributed by atoms with Crippen LogP contribution in [0.3, 0.4) is 0 Å². The van der Waals surface area contributed by atoms with Gasteiger partial charge in [-0.25, -0.2) is 18.0 Å². The van der Waals surface area contributed by atoms with Gasteiger partial charge in [-0.15, -0.1) is 0 Å². The van der Waals surface area contributed by atoms with Crippen LogP contribution in [0, 0.1) is 0 Å². The zero-order valence-corrected chi connectivity index (χ0v) is 20.8. The normalized spacial score (nSPS) is 15.1. The number of nitrogens with zero attached hydrogens (tertiary/aromatic N) is 3. The standard InChI is InChI=1S/C25H30N4O5S/c1-3-27-14-11-19-18-22(9-10-23(19)27)35(32,33)29-13-6-12-28(15-16-29)25(31)26-21-8-5-7-20(17-21)24(30)34-4-2/h5,7-11,14,17-18H,3-4,6,12-13,15-16H2,1-2H3,(H,26,31). The Hall–Kier alpha value is -3.37. The number of urea groups is 1. The summed E-state index contributed by atoms with van der Waals surface area (Å²) in [5, 5.41) is 3.68. The SMILES string of the molecule is CCOC(=O)c1cccc(NC(=O)N2CCCN(S(=O)(=O)c3ccc4c(ccn4CC)c3)CC2)c1. The molecule has 186 valence electrons. The minimum absolute atomic E-state index is 0.201. The van der Waals surface area contributed by atoms with Gasteiger partial charge in [-0.05, 0) is 62.7 Å². The van der Waals surface area contributed by atoms with Crippen molar-refractivity contribution < 1.29 is 22.7 Å². The quantitative estimate of drug-likeness (QED) is 0.522. The van der Waals surface area contributed by atoms with Crippen molar-refractivity contribution >= 4 is 38.6 Å². The highest BCUT2D eigenvalue weighted by Gasteiger charge is 2.28. The number of hydrogen-bond donors (Lipinski definition) is 1. The van der Waals surface area contributed by atoms with Crippen LogP contribution in [-0.4, -0.2) is 67.0 Å². The van der Waals surface area contributed by atoms with Crippen LogP contribution in [-0.2, 0) is 21.3 Å². The highest BCUT2D eigenvalue weighted by atomic mass is 32.2. The van der Waals surface area contributed by atoms with Crippen molar-refractivity contribution in [3.8, 4) is 0 Å². The van der Waals surface area contributed by atoms with E-state index in [0.29, 0.717) is 30.8 Å². The van der Waals surface area contributed by atoms with Crippen LogP contribution in [0.2, 0.25) is 0 Å². The lowest BCUT2D eigenvalue weighted by Gasteiger charge is -2.22. The smallest absolute Gasteiger partial charge is 0.338 e. The summed E-state index contributed by atoms with van der Waals surface area (Å²) < 4.78 is 35.2. The van der Waals surface area contributed by atoms with Crippen LogP contribution in [0.4, 0.5) is 10.5 Å². The van der Waals surface area contributed by atoms with Crippen molar-refractivity contribution in [1.82, 2.24) is 13.8 Å². The molecule has 3 aromatic rings. The molecular weight excluding hydrogens is 468 g/mol. The summed E-state index contributed by atoms with van der Waals surface area (Å²) in [6.45, 7) is 6.07. The Labute approximate surface area is 205 Å². The molecule has 2 amide bonds. The molecule has 10 heteroatoms. The number of aryl methyl sites for hydroxylation is 1. The number of hydrogen-bond acceptors (Lipinski definition) is 5. The predicted octanol–water partition coefficient (Wildman–Crippen LogP) is 3.77. The predicted molar refractivity (Wildman–Crippen MR) is 134 cm³/mol. The second kappa shape index (κ2) is 10.5. The van der Waals surface area contributed by atoms with Gasteiger partial charge in [-0.2, -0.15) is 4.31 Å². The second-order valence-corrected chi connectivity index (χ2v) is 10.2. The maximum atomic E-state index is 13.3. The fourth-order valence-electron chi connectivity index (χ4n) is 4.24. The summed E-state index contributed by atoms with van der Waals surface area (Å²) in [5.74, 6) is -0.455. The molecule has 1 aromatic heterocycles. The van der Waals surface area contributed by atoms with Gasteiger partial charge in [0.25, 0.3) is 0 Å². The van der Waals surface area contributed by atoms with Crippen LogP contribution in [0.5, 0.6) is 0 Å². The molecule has 0 aliphatic carbocycles. The Morgan fingerprint density at radius 3 is 2.60 bits per heavy atom. The number of carbonyl (C=O) groups is 2. The van der Waals surface area contributed by atoms with E-state index in [0.717, 1.165) is 17.4 Å². The first-order chi connectivity index (χ1) is 16.8. The molecule has 0 radical (unpaired) electrons. The summed E-state index contributed by atoms with van der Waals surface area (Å²) in [5.41, 5.74) is 1.82. The molecule has 1 aliphatic rings. The van der Waals surface area contributed by atoms with E-state index in [-0.39, 0.29) is 30.6 Å². The van der Waals surface area contributed by atoms with Gasteiger partial charge >= 0.3 is 12.0 Å². The third-order valence-corrected chi connectivity index (χ3v) is 7.98. The van der Waals surface area contributed by atoms with Crippen LogP contribution in [0.1, 0.15) is 30.6 Å². The lowest BCUT2D eigenvalue weighted by atomic mass is 10.2. The maximum absolute atomic E-state index is 13.3. The monoisotopic (exact) mass is 498 g/mol. The molecule has 0 unspecified atom stereocenters. The summed E-state index contributed by atoms with van der Waals surface area (Å²) >= 11 is 0. The highest BCUT2D eigenvalue weighted by molar-refractivity contribution is 7.89. The average Bonchev–Trinajstić information content (AvgIpc) is 3.09. The molecule has 0 spiro atoms. The Bertz CT molecular complexity index is 1330. The van der Waals surface area contributed by atoms with Crippen molar-refractivity contribution in [2.75, 3.05) is 38.1 Å². The zero-order chi connectivity index (χ0) is 25.0. The molecule has 1 saturated heterocycles. The zero-order valence-electron chi connectivity index (χ0n) is 19.9. The van der Waals surface area contributed by atoms with Gasteiger partial charge in [-0.3, -0.25) is 0 Å². The minimum Gasteiger partial charge on any atom is -0.462 e. The fourth-order valence-corrected chi connectivity index (χ4v) is 5.75. The number of carbonyl (C=O) groups excluding carboxylic acids is 2. The second-order valence-electron chi connectivity index (χ2n) is 8.30.